The number of carbonyl (C=O) groups excluding carboxylic acids is 1. The number of nitrogen functional groups attached to an aromatic ring is 1. The van der Waals surface area contributed by atoms with Gasteiger partial charge in [-0.15, -0.1) is 11.3 Å². The van der Waals surface area contributed by atoms with Crippen LogP contribution in [0.1, 0.15) is 62.4 Å². The minimum absolute atomic E-state index is 0.300. The van der Waals surface area contributed by atoms with E-state index in [4.69, 9.17) is 25.0 Å². The summed E-state index contributed by atoms with van der Waals surface area (Å²) in [5.74, 6) is 1.53. The number of aryl methyl sites for hydroxylation is 1. The molecule has 0 aromatic carbocycles. The number of nitrogens with two attached hydrogens (primary N) is 1. The summed E-state index contributed by atoms with van der Waals surface area (Å²) in [5, 5.41) is 5.06. The molecule has 1 amide bonds. The van der Waals surface area contributed by atoms with Crippen LogP contribution in [0, 0.1) is 0 Å². The number of aliphatic imine (C=N–C) groups is 1. The number of hydrogen-bond acceptors (Lipinski definition) is 11. The van der Waals surface area contributed by atoms with Crippen molar-refractivity contribution in [1.29, 1.82) is 0 Å². The third-order valence-electron chi connectivity index (χ3n) is 6.92. The van der Waals surface area contributed by atoms with Crippen molar-refractivity contribution in [3.05, 3.63) is 34.2 Å². The van der Waals surface area contributed by atoms with Gasteiger partial charge in [-0.3, -0.25) is 4.99 Å². The number of carbonyl (C=O) groups is 1. The highest BCUT2D eigenvalue weighted by molar-refractivity contribution is 7.16. The average molecular weight is 539 g/mol. The second-order valence-corrected chi connectivity index (χ2v) is 12.0. The van der Waals surface area contributed by atoms with Gasteiger partial charge in [0.05, 0.1) is 10.4 Å². The van der Waals surface area contributed by atoms with Gasteiger partial charge in [-0.2, -0.15) is 4.98 Å². The number of anilines is 2. The van der Waals surface area contributed by atoms with E-state index in [-0.39, 0.29) is 6.09 Å². The Morgan fingerprint density at radius 3 is 2.74 bits per heavy atom. The Bertz CT molecular complexity index is 1350. The SMILES string of the molecule is CN=Cc1c(N)sc2c1[C@@](C)(c1nc(-c3ccnc(N4CCN(C(=O)OC(C)(C)C)CC4)n3)no1)CCC2. The molecule has 0 spiro atoms. The predicted molar refractivity (Wildman–Crippen MR) is 147 cm³/mol. The van der Waals surface area contributed by atoms with Crippen molar-refractivity contribution in [2.75, 3.05) is 43.9 Å². The highest BCUT2D eigenvalue weighted by Crippen LogP contribution is 2.48. The smallest absolute Gasteiger partial charge is 0.410 e. The molecule has 1 saturated heterocycles. The summed E-state index contributed by atoms with van der Waals surface area (Å²) in [7, 11) is 1.75. The highest BCUT2D eigenvalue weighted by atomic mass is 32.1. The van der Waals surface area contributed by atoms with Gasteiger partial charge in [0.25, 0.3) is 0 Å². The minimum Gasteiger partial charge on any atom is -0.444 e. The summed E-state index contributed by atoms with van der Waals surface area (Å²) in [5.41, 5.74) is 8.04. The summed E-state index contributed by atoms with van der Waals surface area (Å²) in [6, 6.07) is 1.78. The third kappa shape index (κ3) is 4.96. The van der Waals surface area contributed by atoms with Gasteiger partial charge in [0.2, 0.25) is 17.7 Å². The first-order chi connectivity index (χ1) is 18.1. The summed E-state index contributed by atoms with van der Waals surface area (Å²) < 4.78 is 11.3. The van der Waals surface area contributed by atoms with E-state index in [2.05, 4.69) is 22.1 Å². The maximum Gasteiger partial charge on any atom is 0.410 e. The number of piperazine rings is 1. The van der Waals surface area contributed by atoms with Gasteiger partial charge in [-0.1, -0.05) is 5.16 Å². The van der Waals surface area contributed by atoms with E-state index in [1.54, 1.807) is 35.5 Å². The Balaban J connectivity index is 1.35. The number of amides is 1. The van der Waals surface area contributed by atoms with Gasteiger partial charge in [0.1, 0.15) is 11.3 Å². The molecule has 3 aromatic rings. The maximum absolute atomic E-state index is 12.4. The van der Waals surface area contributed by atoms with Crippen LogP contribution in [-0.2, 0) is 16.6 Å². The number of nitrogens with zero attached hydrogens (tertiary/aromatic N) is 7. The third-order valence-corrected chi connectivity index (χ3v) is 8.02. The standard InChI is InChI=1S/C26H34N8O3S/c1-25(2,3)36-24(35)34-13-11-33(12-14-34)23-29-10-8-17(30-23)21-31-22(37-32-21)26(4)9-6-7-18-19(26)16(15-28-5)20(27)38-18/h8,10,15H,6-7,9,11-14,27H2,1-5H3/t26-/m0/s1. The summed E-state index contributed by atoms with van der Waals surface area (Å²) in [6.45, 7) is 10.00. The Morgan fingerprint density at radius 1 is 1.26 bits per heavy atom. The quantitative estimate of drug-likeness (QED) is 0.490. The van der Waals surface area contributed by atoms with Gasteiger partial charge < -0.3 is 24.8 Å². The molecule has 38 heavy (non-hydrogen) atoms. The largest absolute Gasteiger partial charge is 0.444 e. The molecular formula is C26H34N8O3S. The second-order valence-electron chi connectivity index (χ2n) is 10.9. The summed E-state index contributed by atoms with van der Waals surface area (Å²) in [6.07, 6.45) is 6.09. The zero-order valence-electron chi connectivity index (χ0n) is 22.5. The van der Waals surface area contributed by atoms with E-state index in [0.29, 0.717) is 49.5 Å². The van der Waals surface area contributed by atoms with Crippen LogP contribution in [0.2, 0.25) is 0 Å². The number of ether oxygens (including phenoxy) is 1. The van der Waals surface area contributed by atoms with Crippen LogP contribution >= 0.6 is 11.3 Å². The Kier molecular flexibility index (Phi) is 6.84. The van der Waals surface area contributed by atoms with Gasteiger partial charge in [0, 0.05) is 56.1 Å². The van der Waals surface area contributed by atoms with E-state index in [0.717, 1.165) is 35.4 Å². The summed E-state index contributed by atoms with van der Waals surface area (Å²) in [4.78, 5) is 35.6. The highest BCUT2D eigenvalue weighted by Gasteiger charge is 2.42. The van der Waals surface area contributed by atoms with Crippen molar-refractivity contribution in [2.45, 2.75) is 58.0 Å². The number of hydrogen-bond donors (Lipinski definition) is 1. The molecule has 0 saturated carbocycles. The van der Waals surface area contributed by atoms with E-state index in [1.807, 2.05) is 31.9 Å². The van der Waals surface area contributed by atoms with Gasteiger partial charge in [0.15, 0.2) is 0 Å². The molecule has 0 radical (unpaired) electrons. The molecule has 1 aliphatic carbocycles. The first kappa shape index (κ1) is 26.1. The van der Waals surface area contributed by atoms with E-state index in [9.17, 15) is 4.79 Å². The monoisotopic (exact) mass is 538 g/mol. The van der Waals surface area contributed by atoms with Crippen LogP contribution in [0.5, 0.6) is 0 Å². The Hall–Kier alpha value is -3.54. The summed E-state index contributed by atoms with van der Waals surface area (Å²) >= 11 is 1.62. The second kappa shape index (κ2) is 9.97. The van der Waals surface area contributed by atoms with Gasteiger partial charge in [-0.25, -0.2) is 14.8 Å². The Morgan fingerprint density at radius 2 is 2.03 bits per heavy atom. The molecule has 0 unspecified atom stereocenters. The molecule has 1 fully saturated rings. The molecule has 1 atom stereocenters. The molecule has 11 nitrogen and oxygen atoms in total. The van der Waals surface area contributed by atoms with Crippen molar-refractivity contribution < 1.29 is 14.1 Å². The molecule has 4 heterocycles. The molecular weight excluding hydrogens is 504 g/mol. The lowest BCUT2D eigenvalue weighted by atomic mass is 9.72. The normalized spacial score (nSPS) is 20.1. The number of fused-ring (bicyclic) bond motifs is 1. The van der Waals surface area contributed by atoms with Crippen molar-refractivity contribution in [1.82, 2.24) is 25.0 Å². The van der Waals surface area contributed by atoms with Crippen molar-refractivity contribution in [3.63, 3.8) is 0 Å². The first-order valence-electron chi connectivity index (χ1n) is 12.8. The van der Waals surface area contributed by atoms with Crippen LogP contribution in [-0.4, -0.2) is 76.1 Å². The Labute approximate surface area is 226 Å². The van der Waals surface area contributed by atoms with E-state index in [1.165, 1.54) is 4.88 Å². The van der Waals surface area contributed by atoms with Crippen LogP contribution in [0.4, 0.5) is 15.7 Å². The molecule has 12 heteroatoms. The zero-order chi connectivity index (χ0) is 27.1. The van der Waals surface area contributed by atoms with Gasteiger partial charge in [-0.05, 0) is 58.6 Å². The van der Waals surface area contributed by atoms with Crippen molar-refractivity contribution >= 4 is 34.6 Å². The van der Waals surface area contributed by atoms with Gasteiger partial charge >= 0.3 is 6.09 Å². The lowest BCUT2D eigenvalue weighted by molar-refractivity contribution is 0.0240. The molecule has 0 bridgehead atoms. The predicted octanol–water partition coefficient (Wildman–Crippen LogP) is 3.92. The number of aromatic nitrogens is 4. The fraction of sp³-hybridized carbons (Fsp3) is 0.538. The van der Waals surface area contributed by atoms with Crippen molar-refractivity contribution in [2.24, 2.45) is 4.99 Å². The van der Waals surface area contributed by atoms with E-state index >= 15 is 0 Å². The van der Waals surface area contributed by atoms with Crippen LogP contribution in [0.25, 0.3) is 11.5 Å². The fourth-order valence-electron chi connectivity index (χ4n) is 5.08. The zero-order valence-corrected chi connectivity index (χ0v) is 23.3. The molecule has 5 rings (SSSR count). The van der Waals surface area contributed by atoms with Crippen LogP contribution in [0.3, 0.4) is 0 Å². The molecule has 3 aromatic heterocycles. The fourth-order valence-corrected chi connectivity index (χ4v) is 6.30. The average Bonchev–Trinajstić information content (AvgIpc) is 3.50. The maximum atomic E-state index is 12.4. The minimum atomic E-state index is -0.521. The lowest BCUT2D eigenvalue weighted by Crippen LogP contribution is -2.50. The van der Waals surface area contributed by atoms with E-state index < -0.39 is 11.0 Å². The number of rotatable bonds is 4. The molecule has 2 N–H and O–H groups in total. The molecule has 202 valence electrons. The first-order valence-corrected chi connectivity index (χ1v) is 13.6. The van der Waals surface area contributed by atoms with Crippen LogP contribution in [0.15, 0.2) is 21.8 Å². The molecule has 1 aliphatic heterocycles. The molecule has 2 aliphatic rings. The van der Waals surface area contributed by atoms with Crippen molar-refractivity contribution in [3.8, 4) is 11.5 Å². The van der Waals surface area contributed by atoms with Crippen LogP contribution < -0.4 is 10.6 Å². The lowest BCUT2D eigenvalue weighted by Gasteiger charge is -2.35. The topological polar surface area (TPSA) is 136 Å². The number of thiophene rings is 1.